The molecule has 2 N–H and O–H groups in total. The molecular weight excluding hydrogens is 410 g/mol. The van der Waals surface area contributed by atoms with E-state index in [1.54, 1.807) is 30.1 Å². The minimum atomic E-state index is -0.294. The maximum Gasteiger partial charge on any atom is 0.255 e. The van der Waals surface area contributed by atoms with Gasteiger partial charge in [0.2, 0.25) is 11.9 Å². The van der Waals surface area contributed by atoms with E-state index < -0.39 is 0 Å². The molecule has 4 rings (SSSR count). The van der Waals surface area contributed by atoms with Crippen molar-refractivity contribution in [1.29, 1.82) is 0 Å². The highest BCUT2D eigenvalue weighted by Crippen LogP contribution is 2.22. The number of hydrogen-bond acceptors (Lipinski definition) is 8. The molecule has 0 spiro atoms. The fourth-order valence-corrected chi connectivity index (χ4v) is 2.91. The summed E-state index contributed by atoms with van der Waals surface area (Å²) in [6.07, 6.45) is 4.32. The molecule has 0 unspecified atom stereocenters. The Morgan fingerprint density at radius 3 is 2.72 bits per heavy atom. The summed E-state index contributed by atoms with van der Waals surface area (Å²) < 4.78 is 12.1. The van der Waals surface area contributed by atoms with Crippen LogP contribution in [0.3, 0.4) is 0 Å². The molecule has 4 aromatic rings. The van der Waals surface area contributed by atoms with Crippen LogP contribution in [0.2, 0.25) is 0 Å². The first-order valence-electron chi connectivity index (χ1n) is 9.76. The van der Waals surface area contributed by atoms with Crippen molar-refractivity contribution < 1.29 is 14.3 Å². The average Bonchev–Trinajstić information content (AvgIpc) is 3.24. The Bertz CT molecular complexity index is 1240. The maximum atomic E-state index is 11.6. The van der Waals surface area contributed by atoms with Crippen LogP contribution in [-0.2, 0) is 9.53 Å². The number of nitrogens with one attached hydrogen (secondary N) is 2. The summed E-state index contributed by atoms with van der Waals surface area (Å²) in [5.41, 5.74) is 2.15. The average molecular weight is 431 g/mol. The predicted molar refractivity (Wildman–Crippen MR) is 120 cm³/mol. The van der Waals surface area contributed by atoms with Crippen LogP contribution in [0.5, 0.6) is 5.75 Å². The summed E-state index contributed by atoms with van der Waals surface area (Å²) >= 11 is 0. The number of hydrogen-bond donors (Lipinski definition) is 2. The summed E-state index contributed by atoms with van der Waals surface area (Å²) in [6.45, 7) is 4.47. The lowest BCUT2D eigenvalue weighted by Gasteiger charge is -2.09. The van der Waals surface area contributed by atoms with Crippen LogP contribution >= 0.6 is 0 Å². The second-order valence-corrected chi connectivity index (χ2v) is 6.62. The lowest BCUT2D eigenvalue weighted by atomic mass is 10.2. The monoisotopic (exact) mass is 431 g/mol. The number of aromatic nitrogens is 5. The summed E-state index contributed by atoms with van der Waals surface area (Å²) in [7, 11) is 1.63. The lowest BCUT2D eigenvalue weighted by Crippen LogP contribution is -2.08. The summed E-state index contributed by atoms with van der Waals surface area (Å²) in [6, 6.07) is 12.9. The second-order valence-electron chi connectivity index (χ2n) is 6.62. The van der Waals surface area contributed by atoms with Crippen molar-refractivity contribution in [3.8, 4) is 11.7 Å². The van der Waals surface area contributed by atoms with E-state index in [-0.39, 0.29) is 5.91 Å². The molecule has 0 saturated carbocycles. The quantitative estimate of drug-likeness (QED) is 0.307. The Kier molecular flexibility index (Phi) is 6.33. The minimum absolute atomic E-state index is 0.294. The van der Waals surface area contributed by atoms with Gasteiger partial charge in [0, 0.05) is 23.9 Å². The number of nitrogens with zero attached hydrogens (tertiary/aromatic N) is 5. The summed E-state index contributed by atoms with van der Waals surface area (Å²) in [5.74, 6) is 1.15. The van der Waals surface area contributed by atoms with Crippen LogP contribution in [-0.4, -0.2) is 51.0 Å². The SMILES string of the molecule is C=CC(=O)Nc1ccc2cnn(-c3ncnc(Nc4ccc(OCCOC)cc4)n3)c2c1. The Morgan fingerprint density at radius 1 is 1.12 bits per heavy atom. The van der Waals surface area contributed by atoms with Crippen molar-refractivity contribution >= 4 is 34.1 Å². The zero-order valence-electron chi connectivity index (χ0n) is 17.4. The van der Waals surface area contributed by atoms with Crippen LogP contribution in [0.4, 0.5) is 17.3 Å². The van der Waals surface area contributed by atoms with Gasteiger partial charge in [-0.2, -0.15) is 19.7 Å². The molecule has 0 fully saturated rings. The maximum absolute atomic E-state index is 11.6. The minimum Gasteiger partial charge on any atom is -0.491 e. The largest absolute Gasteiger partial charge is 0.491 e. The molecule has 162 valence electrons. The van der Waals surface area contributed by atoms with Crippen LogP contribution in [0.25, 0.3) is 16.9 Å². The van der Waals surface area contributed by atoms with Gasteiger partial charge in [-0.25, -0.2) is 4.98 Å². The third kappa shape index (κ3) is 4.87. The van der Waals surface area contributed by atoms with Gasteiger partial charge in [0.05, 0.1) is 18.3 Å². The van der Waals surface area contributed by atoms with Gasteiger partial charge in [-0.05, 0) is 48.5 Å². The fourth-order valence-electron chi connectivity index (χ4n) is 2.91. The smallest absolute Gasteiger partial charge is 0.255 e. The topological polar surface area (TPSA) is 116 Å². The van der Waals surface area contributed by atoms with E-state index in [1.165, 1.54) is 12.4 Å². The second kappa shape index (κ2) is 9.67. The van der Waals surface area contributed by atoms with E-state index in [4.69, 9.17) is 9.47 Å². The molecule has 0 saturated heterocycles. The zero-order chi connectivity index (χ0) is 22.3. The molecule has 0 bridgehead atoms. The van der Waals surface area contributed by atoms with Crippen LogP contribution in [0, 0.1) is 0 Å². The Balaban J connectivity index is 1.54. The highest BCUT2D eigenvalue weighted by molar-refractivity contribution is 6.00. The predicted octanol–water partition coefficient (Wildman–Crippen LogP) is 3.10. The van der Waals surface area contributed by atoms with E-state index in [1.807, 2.05) is 30.3 Å². The standard InChI is InChI=1S/C22H21N7O3/c1-3-20(30)26-17-5-4-15-13-25-29(19(15)12-17)22-24-14-23-21(28-22)27-16-6-8-18(9-7-16)32-11-10-31-2/h3-9,12-14H,1,10-11H2,2H3,(H,26,30)(H,23,24,27,28). The first-order chi connectivity index (χ1) is 15.7. The van der Waals surface area contributed by atoms with Gasteiger partial charge in [0.15, 0.2) is 0 Å². The van der Waals surface area contributed by atoms with Crippen LogP contribution in [0.15, 0.2) is 67.6 Å². The number of methoxy groups -OCH3 is 1. The molecule has 2 aromatic carbocycles. The summed E-state index contributed by atoms with van der Waals surface area (Å²) in [4.78, 5) is 24.5. The van der Waals surface area contributed by atoms with Crippen molar-refractivity contribution in [1.82, 2.24) is 24.7 Å². The molecule has 0 aliphatic rings. The van der Waals surface area contributed by atoms with E-state index in [9.17, 15) is 4.79 Å². The lowest BCUT2D eigenvalue weighted by molar-refractivity contribution is -0.111. The van der Waals surface area contributed by atoms with E-state index in [2.05, 4.69) is 37.3 Å². The van der Waals surface area contributed by atoms with Gasteiger partial charge in [-0.15, -0.1) is 0 Å². The highest BCUT2D eigenvalue weighted by atomic mass is 16.5. The number of anilines is 3. The number of rotatable bonds is 9. The third-order valence-electron chi connectivity index (χ3n) is 4.44. The molecule has 10 heteroatoms. The highest BCUT2D eigenvalue weighted by Gasteiger charge is 2.10. The van der Waals surface area contributed by atoms with Crippen LogP contribution in [0.1, 0.15) is 0 Å². The number of ether oxygens (including phenoxy) is 2. The number of carbonyl (C=O) groups is 1. The third-order valence-corrected chi connectivity index (χ3v) is 4.44. The van der Waals surface area contributed by atoms with Crippen LogP contribution < -0.4 is 15.4 Å². The molecule has 2 aromatic heterocycles. The first-order valence-corrected chi connectivity index (χ1v) is 9.76. The van der Waals surface area contributed by atoms with Gasteiger partial charge < -0.3 is 20.1 Å². The Morgan fingerprint density at radius 2 is 1.94 bits per heavy atom. The number of fused-ring (bicyclic) bond motifs is 1. The van der Waals surface area contributed by atoms with E-state index in [0.29, 0.717) is 30.8 Å². The Hall–Kier alpha value is -4.31. The molecule has 32 heavy (non-hydrogen) atoms. The van der Waals surface area contributed by atoms with Gasteiger partial charge >= 0.3 is 0 Å². The molecule has 0 radical (unpaired) electrons. The van der Waals surface area contributed by atoms with E-state index in [0.717, 1.165) is 22.3 Å². The molecule has 1 amide bonds. The number of amides is 1. The van der Waals surface area contributed by atoms with Gasteiger partial charge in [0.25, 0.3) is 5.95 Å². The van der Waals surface area contributed by atoms with Crippen molar-refractivity contribution in [2.75, 3.05) is 31.0 Å². The van der Waals surface area contributed by atoms with Gasteiger partial charge in [-0.3, -0.25) is 4.79 Å². The fraction of sp³-hybridized carbons (Fsp3) is 0.136. The van der Waals surface area contributed by atoms with E-state index >= 15 is 0 Å². The van der Waals surface area contributed by atoms with Gasteiger partial charge in [-0.1, -0.05) is 6.58 Å². The molecule has 0 aliphatic heterocycles. The number of carbonyl (C=O) groups excluding carboxylic acids is 1. The number of benzene rings is 2. The van der Waals surface area contributed by atoms with Crippen molar-refractivity contribution in [2.45, 2.75) is 0 Å². The van der Waals surface area contributed by atoms with Crippen molar-refractivity contribution in [3.05, 3.63) is 67.6 Å². The molecule has 0 aliphatic carbocycles. The Labute approximate surface area is 183 Å². The van der Waals surface area contributed by atoms with Crippen molar-refractivity contribution in [2.24, 2.45) is 0 Å². The summed E-state index contributed by atoms with van der Waals surface area (Å²) in [5, 5.41) is 11.1. The van der Waals surface area contributed by atoms with Crippen molar-refractivity contribution in [3.63, 3.8) is 0 Å². The molecular formula is C22H21N7O3. The molecule has 10 nitrogen and oxygen atoms in total. The zero-order valence-corrected chi connectivity index (χ0v) is 17.4. The normalized spacial score (nSPS) is 10.7. The first kappa shape index (κ1) is 20.9. The molecule has 2 heterocycles. The van der Waals surface area contributed by atoms with Gasteiger partial charge in [0.1, 0.15) is 18.7 Å². The molecule has 0 atom stereocenters.